The van der Waals surface area contributed by atoms with Gasteiger partial charge in [0.1, 0.15) is 5.75 Å². The van der Waals surface area contributed by atoms with E-state index >= 15 is 0 Å². The van der Waals surface area contributed by atoms with Crippen molar-refractivity contribution in [3.8, 4) is 16.9 Å². The molecule has 0 saturated heterocycles. The second kappa shape index (κ2) is 8.47. The quantitative estimate of drug-likeness (QED) is 0.508. The zero-order valence-electron chi connectivity index (χ0n) is 15.6. The highest BCUT2D eigenvalue weighted by Gasteiger charge is 2.30. The summed E-state index contributed by atoms with van der Waals surface area (Å²) >= 11 is 3.67. The van der Waals surface area contributed by atoms with E-state index in [1.807, 2.05) is 46.9 Å². The van der Waals surface area contributed by atoms with E-state index < -0.39 is 12.1 Å². The molecule has 1 aliphatic carbocycles. The van der Waals surface area contributed by atoms with Crippen LogP contribution in [-0.2, 0) is 16.0 Å². The number of benzene rings is 1. The van der Waals surface area contributed by atoms with Crippen molar-refractivity contribution in [3.05, 3.63) is 62.5 Å². The lowest BCUT2D eigenvalue weighted by Gasteiger charge is -2.14. The van der Waals surface area contributed by atoms with E-state index in [0.29, 0.717) is 25.6 Å². The Morgan fingerprint density at radius 1 is 1.07 bits per heavy atom. The molecule has 3 aromatic rings. The first-order valence-corrected chi connectivity index (χ1v) is 11.1. The van der Waals surface area contributed by atoms with E-state index in [4.69, 9.17) is 9.47 Å². The minimum absolute atomic E-state index is 0.355. The smallest absolute Gasteiger partial charge is 0.333 e. The fourth-order valence-corrected chi connectivity index (χ4v) is 5.84. The molecule has 0 fully saturated rings. The zero-order valence-corrected chi connectivity index (χ0v) is 17.2. The van der Waals surface area contributed by atoms with Crippen LogP contribution in [0.4, 0.5) is 0 Å². The van der Waals surface area contributed by atoms with Crippen molar-refractivity contribution in [2.75, 3.05) is 13.2 Å². The average molecular weight is 415 g/mol. The summed E-state index contributed by atoms with van der Waals surface area (Å²) in [5.41, 5.74) is 3.70. The predicted octanol–water partition coefficient (Wildman–Crippen LogP) is 5.42. The van der Waals surface area contributed by atoms with Crippen LogP contribution in [0.5, 0.6) is 5.75 Å². The van der Waals surface area contributed by atoms with Gasteiger partial charge in [-0.1, -0.05) is 12.1 Å². The van der Waals surface area contributed by atoms with Gasteiger partial charge in [-0.25, -0.2) is 4.79 Å². The molecule has 2 heterocycles. The van der Waals surface area contributed by atoms with Crippen molar-refractivity contribution in [1.29, 1.82) is 0 Å². The van der Waals surface area contributed by atoms with Crippen molar-refractivity contribution in [2.24, 2.45) is 0 Å². The second-order valence-electron chi connectivity index (χ2n) is 6.72. The number of ether oxygens (including phenoxy) is 2. The Labute approximate surface area is 172 Å². The fraction of sp³-hybridized carbons (Fsp3) is 0.318. The molecule has 1 N–H and O–H groups in total. The molecule has 2 aromatic heterocycles. The summed E-state index contributed by atoms with van der Waals surface area (Å²) in [6, 6.07) is 12.1. The number of carbonyl (C=O) groups is 1. The first kappa shape index (κ1) is 19.2. The Hall–Kier alpha value is -2.15. The monoisotopic (exact) mass is 414 g/mol. The average Bonchev–Trinajstić information content (AvgIpc) is 3.39. The molecule has 6 heteroatoms. The molecule has 0 saturated carbocycles. The van der Waals surface area contributed by atoms with Gasteiger partial charge >= 0.3 is 5.97 Å². The van der Waals surface area contributed by atoms with Crippen molar-refractivity contribution in [3.63, 3.8) is 0 Å². The van der Waals surface area contributed by atoms with Crippen LogP contribution in [0.1, 0.15) is 34.6 Å². The van der Waals surface area contributed by atoms with Gasteiger partial charge in [-0.15, -0.1) is 22.7 Å². The molecule has 0 bridgehead atoms. The SMILES string of the molecule is CCOC(Cc1ccc(OCCC2c3sccc3-c3ccsc32)cc1)C(=O)O. The van der Waals surface area contributed by atoms with Gasteiger partial charge in [0.25, 0.3) is 0 Å². The third kappa shape index (κ3) is 3.85. The zero-order chi connectivity index (χ0) is 19.5. The number of hydrogen-bond donors (Lipinski definition) is 1. The summed E-state index contributed by atoms with van der Waals surface area (Å²) in [5, 5.41) is 13.5. The lowest BCUT2D eigenvalue weighted by molar-refractivity contribution is -0.149. The van der Waals surface area contributed by atoms with Gasteiger partial charge in [-0.2, -0.15) is 0 Å². The van der Waals surface area contributed by atoms with Crippen LogP contribution in [0, 0.1) is 0 Å². The second-order valence-corrected chi connectivity index (χ2v) is 8.61. The largest absolute Gasteiger partial charge is 0.494 e. The topological polar surface area (TPSA) is 55.8 Å². The van der Waals surface area contributed by atoms with E-state index in [0.717, 1.165) is 17.7 Å². The molecule has 1 atom stereocenters. The van der Waals surface area contributed by atoms with Crippen LogP contribution in [0.15, 0.2) is 47.2 Å². The third-order valence-corrected chi connectivity index (χ3v) is 7.04. The number of carboxylic acids is 1. The molecule has 4 rings (SSSR count). The number of hydrogen-bond acceptors (Lipinski definition) is 5. The minimum atomic E-state index is -0.931. The summed E-state index contributed by atoms with van der Waals surface area (Å²) in [5.74, 6) is 0.314. The van der Waals surface area contributed by atoms with Gasteiger partial charge in [-0.05, 0) is 65.1 Å². The van der Waals surface area contributed by atoms with Crippen LogP contribution in [-0.4, -0.2) is 30.4 Å². The molecule has 1 aliphatic rings. The van der Waals surface area contributed by atoms with Gasteiger partial charge in [0, 0.05) is 28.7 Å². The maximum absolute atomic E-state index is 11.2. The van der Waals surface area contributed by atoms with Crippen molar-refractivity contribution >= 4 is 28.6 Å². The Morgan fingerprint density at radius 2 is 1.71 bits per heavy atom. The number of fused-ring (bicyclic) bond motifs is 3. The normalized spacial score (nSPS) is 13.9. The molecule has 1 aromatic carbocycles. The maximum Gasteiger partial charge on any atom is 0.333 e. The first-order chi connectivity index (χ1) is 13.7. The lowest BCUT2D eigenvalue weighted by Crippen LogP contribution is -2.26. The summed E-state index contributed by atoms with van der Waals surface area (Å²) in [6.07, 6.45) is 0.501. The van der Waals surface area contributed by atoms with Crippen LogP contribution < -0.4 is 4.74 Å². The molecule has 4 nitrogen and oxygen atoms in total. The summed E-state index contributed by atoms with van der Waals surface area (Å²) in [7, 11) is 0. The minimum Gasteiger partial charge on any atom is -0.494 e. The maximum atomic E-state index is 11.2. The Kier molecular flexibility index (Phi) is 5.80. The molecule has 0 radical (unpaired) electrons. The van der Waals surface area contributed by atoms with Gasteiger partial charge in [0.15, 0.2) is 6.10 Å². The van der Waals surface area contributed by atoms with Crippen LogP contribution >= 0.6 is 22.7 Å². The Morgan fingerprint density at radius 3 is 2.29 bits per heavy atom. The third-order valence-electron chi connectivity index (χ3n) is 4.98. The van der Waals surface area contributed by atoms with E-state index in [1.54, 1.807) is 6.92 Å². The molecular formula is C22H22O4S2. The summed E-state index contributed by atoms with van der Waals surface area (Å²) < 4.78 is 11.2. The molecule has 1 unspecified atom stereocenters. The fourth-order valence-electron chi connectivity index (χ4n) is 3.66. The van der Waals surface area contributed by atoms with Crippen LogP contribution in [0.3, 0.4) is 0 Å². The van der Waals surface area contributed by atoms with Crippen molar-refractivity contribution < 1.29 is 19.4 Å². The lowest BCUT2D eigenvalue weighted by atomic mass is 10.1. The molecule has 28 heavy (non-hydrogen) atoms. The summed E-state index contributed by atoms with van der Waals surface area (Å²) in [4.78, 5) is 14.1. The number of thiophene rings is 2. The molecule has 146 valence electrons. The van der Waals surface area contributed by atoms with E-state index in [2.05, 4.69) is 22.9 Å². The van der Waals surface area contributed by atoms with Crippen LogP contribution in [0.25, 0.3) is 11.1 Å². The highest BCUT2D eigenvalue weighted by Crippen LogP contribution is 2.51. The van der Waals surface area contributed by atoms with E-state index in [1.165, 1.54) is 20.9 Å². The standard InChI is InChI=1S/C22H22O4S2/c1-2-25-19(22(23)24)13-14-3-5-15(6-4-14)26-10-7-18-20-16(8-11-27-20)17-9-12-28-21(17)18/h3-6,8-9,11-12,18-19H,2,7,10,13H2,1H3,(H,23,24). The first-order valence-electron chi connectivity index (χ1n) is 9.38. The predicted molar refractivity (Wildman–Crippen MR) is 113 cm³/mol. The highest BCUT2D eigenvalue weighted by molar-refractivity contribution is 7.13. The van der Waals surface area contributed by atoms with Crippen molar-refractivity contribution in [1.82, 2.24) is 0 Å². The van der Waals surface area contributed by atoms with Crippen LogP contribution in [0.2, 0.25) is 0 Å². The number of carboxylic acid groups (broad SMARTS) is 1. The number of aliphatic carboxylic acids is 1. The van der Waals surface area contributed by atoms with Gasteiger partial charge in [0.05, 0.1) is 6.61 Å². The van der Waals surface area contributed by atoms with E-state index in [9.17, 15) is 9.90 Å². The van der Waals surface area contributed by atoms with E-state index in [-0.39, 0.29) is 0 Å². The molecule has 0 amide bonds. The molecule has 0 spiro atoms. The summed E-state index contributed by atoms with van der Waals surface area (Å²) in [6.45, 7) is 2.84. The Bertz CT molecular complexity index is 901. The van der Waals surface area contributed by atoms with Gasteiger partial charge in [-0.3, -0.25) is 0 Å². The Balaban J connectivity index is 1.33. The van der Waals surface area contributed by atoms with Gasteiger partial charge in [0.2, 0.25) is 0 Å². The van der Waals surface area contributed by atoms with Gasteiger partial charge < -0.3 is 14.6 Å². The molecule has 0 aliphatic heterocycles. The molecular weight excluding hydrogens is 392 g/mol. The highest BCUT2D eigenvalue weighted by atomic mass is 32.1. The van der Waals surface area contributed by atoms with Crippen molar-refractivity contribution in [2.45, 2.75) is 31.8 Å². The number of rotatable bonds is 9.